The number of rotatable bonds is 5. The van der Waals surface area contributed by atoms with Gasteiger partial charge in [0.15, 0.2) is 0 Å². The molecule has 0 aromatic heterocycles. The molecule has 2 amide bonds. The Kier molecular flexibility index (Phi) is 4.73. The highest BCUT2D eigenvalue weighted by atomic mass is 16.2. The molecule has 1 aliphatic rings. The van der Waals surface area contributed by atoms with Crippen LogP contribution in [0.3, 0.4) is 0 Å². The lowest BCUT2D eigenvalue weighted by molar-refractivity contribution is -0.135. The summed E-state index contributed by atoms with van der Waals surface area (Å²) in [6, 6.07) is 0.117. The molecule has 0 aromatic rings. The predicted molar refractivity (Wildman–Crippen MR) is 61.9 cm³/mol. The first-order valence-electron chi connectivity index (χ1n) is 5.73. The molecule has 0 aromatic carbocycles. The Balaban J connectivity index is 2.24. The van der Waals surface area contributed by atoms with Crippen molar-refractivity contribution < 1.29 is 9.59 Å². The second-order valence-electron chi connectivity index (χ2n) is 4.70. The third kappa shape index (κ3) is 4.18. The Bertz CT molecular complexity index is 262. The van der Waals surface area contributed by atoms with Crippen LogP contribution in [-0.2, 0) is 9.59 Å². The second-order valence-corrected chi connectivity index (χ2v) is 4.70. The van der Waals surface area contributed by atoms with Gasteiger partial charge in [-0.05, 0) is 32.9 Å². The zero-order valence-electron chi connectivity index (χ0n) is 10.2. The van der Waals surface area contributed by atoms with Gasteiger partial charge >= 0.3 is 0 Å². The predicted octanol–water partition coefficient (Wildman–Crippen LogP) is -0.421. The lowest BCUT2D eigenvalue weighted by Crippen LogP contribution is -2.46. The van der Waals surface area contributed by atoms with E-state index in [1.54, 1.807) is 7.05 Å². The molecule has 5 heteroatoms. The van der Waals surface area contributed by atoms with Gasteiger partial charge in [0.05, 0.1) is 6.54 Å². The number of carbonyl (C=O) groups excluding carboxylic acids is 2. The average Bonchev–Trinajstić information content (AvgIpc) is 2.09. The highest BCUT2D eigenvalue weighted by Gasteiger charge is 2.22. The van der Waals surface area contributed by atoms with Crippen molar-refractivity contribution in [3.63, 3.8) is 0 Å². The van der Waals surface area contributed by atoms with Crippen LogP contribution in [0, 0.1) is 5.92 Å². The van der Waals surface area contributed by atoms with Crippen molar-refractivity contribution >= 4 is 11.8 Å². The topological polar surface area (TPSA) is 61.4 Å². The van der Waals surface area contributed by atoms with E-state index >= 15 is 0 Å². The van der Waals surface area contributed by atoms with E-state index in [0.717, 1.165) is 13.1 Å². The third-order valence-electron chi connectivity index (χ3n) is 2.59. The van der Waals surface area contributed by atoms with Gasteiger partial charge in [-0.15, -0.1) is 0 Å². The fourth-order valence-electron chi connectivity index (χ4n) is 1.57. The number of carbonyl (C=O) groups is 2. The first-order valence-corrected chi connectivity index (χ1v) is 5.73. The molecule has 0 spiro atoms. The van der Waals surface area contributed by atoms with Gasteiger partial charge in [-0.25, -0.2) is 0 Å². The Morgan fingerprint density at radius 1 is 1.44 bits per heavy atom. The number of likely N-dealkylation sites (N-methyl/N-ethyl adjacent to an activating group) is 1. The van der Waals surface area contributed by atoms with Crippen LogP contribution < -0.4 is 10.6 Å². The maximum absolute atomic E-state index is 11.7. The van der Waals surface area contributed by atoms with Crippen LogP contribution in [-0.4, -0.2) is 49.4 Å². The van der Waals surface area contributed by atoms with Gasteiger partial charge in [0, 0.05) is 19.5 Å². The highest BCUT2D eigenvalue weighted by Crippen LogP contribution is 2.09. The molecule has 1 rings (SSSR count). The van der Waals surface area contributed by atoms with Gasteiger partial charge in [-0.1, -0.05) is 0 Å². The molecule has 0 saturated carbocycles. The molecule has 0 radical (unpaired) electrons. The summed E-state index contributed by atoms with van der Waals surface area (Å²) in [6.07, 6.45) is 0.540. The first-order chi connectivity index (χ1) is 7.49. The van der Waals surface area contributed by atoms with E-state index < -0.39 is 0 Å². The standard InChI is InChI=1S/C11H21N3O2/c1-8(2)13-10(15)7-14(3)11(16)4-9-5-12-6-9/h8-9,12H,4-7H2,1-3H3,(H,13,15). The van der Waals surface area contributed by atoms with Gasteiger partial charge in [-0.2, -0.15) is 0 Å². The quantitative estimate of drug-likeness (QED) is 0.670. The van der Waals surface area contributed by atoms with Crippen LogP contribution in [0.25, 0.3) is 0 Å². The Morgan fingerprint density at radius 3 is 2.50 bits per heavy atom. The molecule has 0 bridgehead atoms. The third-order valence-corrected chi connectivity index (χ3v) is 2.59. The number of nitrogens with one attached hydrogen (secondary N) is 2. The summed E-state index contributed by atoms with van der Waals surface area (Å²) in [6.45, 7) is 5.78. The molecule has 16 heavy (non-hydrogen) atoms. The van der Waals surface area contributed by atoms with Crippen LogP contribution in [0.2, 0.25) is 0 Å². The molecule has 0 atom stereocenters. The van der Waals surface area contributed by atoms with Crippen LogP contribution in [0.4, 0.5) is 0 Å². The Labute approximate surface area is 96.6 Å². The normalized spacial score (nSPS) is 15.8. The van der Waals surface area contributed by atoms with Crippen LogP contribution in [0.15, 0.2) is 0 Å². The first kappa shape index (κ1) is 13.0. The summed E-state index contributed by atoms with van der Waals surface area (Å²) in [5.41, 5.74) is 0. The smallest absolute Gasteiger partial charge is 0.239 e. The van der Waals surface area contributed by atoms with Crippen LogP contribution in [0.1, 0.15) is 20.3 Å². The average molecular weight is 227 g/mol. The molecule has 1 heterocycles. The minimum Gasteiger partial charge on any atom is -0.352 e. The largest absolute Gasteiger partial charge is 0.352 e. The summed E-state index contributed by atoms with van der Waals surface area (Å²) in [5.74, 6) is 0.395. The van der Waals surface area contributed by atoms with Gasteiger partial charge in [-0.3, -0.25) is 9.59 Å². The summed E-state index contributed by atoms with van der Waals surface area (Å²) >= 11 is 0. The van der Waals surface area contributed by atoms with Crippen molar-refractivity contribution in [2.45, 2.75) is 26.3 Å². The zero-order chi connectivity index (χ0) is 12.1. The molecule has 1 saturated heterocycles. The van der Waals surface area contributed by atoms with Crippen molar-refractivity contribution in [3.8, 4) is 0 Å². The molecular weight excluding hydrogens is 206 g/mol. The molecule has 5 nitrogen and oxygen atoms in total. The molecule has 0 aliphatic carbocycles. The van der Waals surface area contributed by atoms with Crippen molar-refractivity contribution in [3.05, 3.63) is 0 Å². The molecule has 1 fully saturated rings. The molecule has 1 aliphatic heterocycles. The summed E-state index contributed by atoms with van der Waals surface area (Å²) in [4.78, 5) is 24.6. The zero-order valence-corrected chi connectivity index (χ0v) is 10.2. The molecule has 0 unspecified atom stereocenters. The Morgan fingerprint density at radius 2 is 2.06 bits per heavy atom. The fraction of sp³-hybridized carbons (Fsp3) is 0.818. The van der Waals surface area contributed by atoms with E-state index in [1.165, 1.54) is 4.90 Å². The van der Waals surface area contributed by atoms with Crippen LogP contribution in [0.5, 0.6) is 0 Å². The SMILES string of the molecule is CC(C)NC(=O)CN(C)C(=O)CC1CNC1. The lowest BCUT2D eigenvalue weighted by Gasteiger charge is -2.28. The van der Waals surface area contributed by atoms with E-state index in [2.05, 4.69) is 10.6 Å². The van der Waals surface area contributed by atoms with E-state index in [9.17, 15) is 9.59 Å². The van der Waals surface area contributed by atoms with Crippen molar-refractivity contribution in [1.29, 1.82) is 0 Å². The molecule has 2 N–H and O–H groups in total. The molecular formula is C11H21N3O2. The minimum atomic E-state index is -0.0995. The summed E-state index contributed by atoms with van der Waals surface area (Å²) in [5, 5.41) is 5.89. The summed E-state index contributed by atoms with van der Waals surface area (Å²) < 4.78 is 0. The second kappa shape index (κ2) is 5.84. The highest BCUT2D eigenvalue weighted by molar-refractivity contribution is 5.84. The van der Waals surface area contributed by atoms with Gasteiger partial charge < -0.3 is 15.5 Å². The van der Waals surface area contributed by atoms with Crippen molar-refractivity contribution in [2.24, 2.45) is 5.92 Å². The number of amides is 2. The number of hydrogen-bond donors (Lipinski definition) is 2. The summed E-state index contributed by atoms with van der Waals surface area (Å²) in [7, 11) is 1.67. The minimum absolute atomic E-state index is 0.0467. The van der Waals surface area contributed by atoms with Gasteiger partial charge in [0.1, 0.15) is 0 Å². The number of nitrogens with zero attached hydrogens (tertiary/aromatic N) is 1. The van der Waals surface area contributed by atoms with Gasteiger partial charge in [0.25, 0.3) is 0 Å². The maximum Gasteiger partial charge on any atom is 0.239 e. The van der Waals surface area contributed by atoms with Crippen molar-refractivity contribution in [2.75, 3.05) is 26.7 Å². The number of hydrogen-bond acceptors (Lipinski definition) is 3. The maximum atomic E-state index is 11.7. The van der Waals surface area contributed by atoms with E-state index in [-0.39, 0.29) is 24.4 Å². The van der Waals surface area contributed by atoms with E-state index in [0.29, 0.717) is 12.3 Å². The monoisotopic (exact) mass is 227 g/mol. The van der Waals surface area contributed by atoms with Gasteiger partial charge in [0.2, 0.25) is 11.8 Å². The van der Waals surface area contributed by atoms with Crippen molar-refractivity contribution in [1.82, 2.24) is 15.5 Å². The van der Waals surface area contributed by atoms with Crippen LogP contribution >= 0.6 is 0 Å². The lowest BCUT2D eigenvalue weighted by atomic mass is 9.99. The van der Waals surface area contributed by atoms with E-state index in [1.807, 2.05) is 13.8 Å². The Hall–Kier alpha value is -1.10. The fourth-order valence-corrected chi connectivity index (χ4v) is 1.57. The molecule has 92 valence electrons. The van der Waals surface area contributed by atoms with E-state index in [4.69, 9.17) is 0 Å².